The average Bonchev–Trinajstić information content (AvgIpc) is 3.47. The number of nitrogens with zero attached hydrogens (tertiary/aromatic N) is 5. The normalized spacial score (nSPS) is 16.2. The molecule has 1 unspecified atom stereocenters. The van der Waals surface area contributed by atoms with Gasteiger partial charge >= 0.3 is 0 Å². The predicted octanol–water partition coefficient (Wildman–Crippen LogP) is 4.90. The fraction of sp³-hybridized carbons (Fsp3) is 0.250. The second kappa shape index (κ2) is 8.82. The summed E-state index contributed by atoms with van der Waals surface area (Å²) in [6.45, 7) is 1.16. The van der Waals surface area contributed by atoms with Crippen LogP contribution in [0.3, 0.4) is 0 Å². The molecule has 0 radical (unpaired) electrons. The van der Waals surface area contributed by atoms with Crippen LogP contribution in [0.2, 0.25) is 0 Å². The highest BCUT2D eigenvalue weighted by Crippen LogP contribution is 2.34. The number of halogens is 2. The highest BCUT2D eigenvalue weighted by molar-refractivity contribution is 7.14. The first-order valence-corrected chi connectivity index (χ1v) is 11.5. The molecule has 3 heterocycles. The van der Waals surface area contributed by atoms with Gasteiger partial charge in [0.2, 0.25) is 0 Å². The first kappa shape index (κ1) is 21.4. The van der Waals surface area contributed by atoms with Crippen LogP contribution in [0.5, 0.6) is 0 Å². The van der Waals surface area contributed by atoms with Crippen LogP contribution in [-0.4, -0.2) is 43.9 Å². The van der Waals surface area contributed by atoms with Crippen molar-refractivity contribution in [3.63, 3.8) is 0 Å². The summed E-state index contributed by atoms with van der Waals surface area (Å²) in [6.07, 6.45) is 1.73. The van der Waals surface area contributed by atoms with Gasteiger partial charge < -0.3 is 4.90 Å². The van der Waals surface area contributed by atoms with Crippen LogP contribution in [0.4, 0.5) is 8.78 Å². The molecule has 1 fully saturated rings. The molecule has 0 N–H and O–H groups in total. The Hall–Kier alpha value is -3.46. The van der Waals surface area contributed by atoms with Crippen molar-refractivity contribution >= 4 is 17.2 Å². The first-order valence-electron chi connectivity index (χ1n) is 10.7. The summed E-state index contributed by atoms with van der Waals surface area (Å²) in [4.78, 5) is 15.1. The molecule has 168 valence electrons. The third-order valence-corrected chi connectivity index (χ3v) is 6.96. The van der Waals surface area contributed by atoms with Gasteiger partial charge in [0.25, 0.3) is 5.91 Å². The molecule has 1 aliphatic rings. The smallest absolute Gasteiger partial charge is 0.272 e. The fourth-order valence-corrected chi connectivity index (χ4v) is 5.09. The van der Waals surface area contributed by atoms with Gasteiger partial charge in [-0.15, -0.1) is 10.2 Å². The zero-order chi connectivity index (χ0) is 22.9. The van der Waals surface area contributed by atoms with Crippen LogP contribution < -0.4 is 0 Å². The van der Waals surface area contributed by atoms with Crippen molar-refractivity contribution in [1.29, 1.82) is 0 Å². The van der Waals surface area contributed by atoms with Gasteiger partial charge in [0, 0.05) is 37.2 Å². The van der Waals surface area contributed by atoms with E-state index in [2.05, 4.69) is 15.3 Å². The van der Waals surface area contributed by atoms with Crippen molar-refractivity contribution in [1.82, 2.24) is 24.9 Å². The lowest BCUT2D eigenvalue weighted by Crippen LogP contribution is -2.39. The van der Waals surface area contributed by atoms with E-state index in [1.54, 1.807) is 48.1 Å². The lowest BCUT2D eigenvalue weighted by Gasteiger charge is -2.31. The van der Waals surface area contributed by atoms with Crippen molar-refractivity contribution in [3.8, 4) is 21.8 Å². The molecule has 0 spiro atoms. The number of hydrogen-bond acceptors (Lipinski definition) is 5. The van der Waals surface area contributed by atoms with E-state index in [0.717, 1.165) is 23.4 Å². The second-order valence-electron chi connectivity index (χ2n) is 8.06. The maximum Gasteiger partial charge on any atom is 0.272 e. The van der Waals surface area contributed by atoms with E-state index in [-0.39, 0.29) is 23.5 Å². The standard InChI is InChI=1S/C24H21F2N5OS/c1-30-21(13-20(29-30)15-8-10-17(25)11-9-15)24(32)31-12-4-5-16(14-31)22-27-28-23(33-22)18-6-2-3-7-19(18)26/h2-3,6-11,13,16H,4-5,12,14H2,1H3. The van der Waals surface area contributed by atoms with E-state index >= 15 is 0 Å². The van der Waals surface area contributed by atoms with Gasteiger partial charge in [-0.3, -0.25) is 9.48 Å². The highest BCUT2D eigenvalue weighted by Gasteiger charge is 2.29. The minimum Gasteiger partial charge on any atom is -0.337 e. The minimum absolute atomic E-state index is 0.0468. The summed E-state index contributed by atoms with van der Waals surface area (Å²) in [6, 6.07) is 14.3. The van der Waals surface area contributed by atoms with Crippen LogP contribution in [0.1, 0.15) is 34.3 Å². The molecule has 1 aliphatic heterocycles. The summed E-state index contributed by atoms with van der Waals surface area (Å²) in [5, 5.41) is 14.3. The summed E-state index contributed by atoms with van der Waals surface area (Å²) in [5.74, 6) is -0.707. The molecule has 1 saturated heterocycles. The largest absolute Gasteiger partial charge is 0.337 e. The third kappa shape index (κ3) is 4.28. The average molecular weight is 466 g/mol. The van der Waals surface area contributed by atoms with Crippen molar-refractivity contribution in [2.75, 3.05) is 13.1 Å². The van der Waals surface area contributed by atoms with Crippen LogP contribution in [-0.2, 0) is 7.05 Å². The van der Waals surface area contributed by atoms with Gasteiger partial charge in [0.05, 0.1) is 5.69 Å². The molecule has 0 bridgehead atoms. The Morgan fingerprint density at radius 3 is 2.67 bits per heavy atom. The molecular weight excluding hydrogens is 444 g/mol. The number of carbonyl (C=O) groups is 1. The Labute approximate surface area is 193 Å². The molecule has 1 amide bonds. The Balaban J connectivity index is 1.34. The first-order chi connectivity index (χ1) is 16.0. The van der Waals surface area contributed by atoms with E-state index in [1.165, 1.54) is 29.5 Å². The molecule has 2 aromatic carbocycles. The van der Waals surface area contributed by atoms with Crippen LogP contribution in [0, 0.1) is 11.6 Å². The number of likely N-dealkylation sites (tertiary alicyclic amines) is 1. The van der Waals surface area contributed by atoms with Gasteiger partial charge in [-0.2, -0.15) is 5.10 Å². The molecule has 6 nitrogen and oxygen atoms in total. The molecule has 33 heavy (non-hydrogen) atoms. The number of hydrogen-bond donors (Lipinski definition) is 0. The number of piperidine rings is 1. The van der Waals surface area contributed by atoms with Gasteiger partial charge in [0.15, 0.2) is 5.01 Å². The fourth-order valence-electron chi connectivity index (χ4n) is 4.10. The molecule has 5 rings (SSSR count). The number of aryl methyl sites for hydroxylation is 1. The Kier molecular flexibility index (Phi) is 5.72. The monoisotopic (exact) mass is 465 g/mol. The van der Waals surface area contributed by atoms with Gasteiger partial charge in [0.1, 0.15) is 22.3 Å². The SMILES string of the molecule is Cn1nc(-c2ccc(F)cc2)cc1C(=O)N1CCCC(c2nnc(-c3ccccc3F)s2)C1. The predicted molar refractivity (Wildman–Crippen MR) is 122 cm³/mol. The number of aromatic nitrogens is 4. The molecule has 9 heteroatoms. The molecule has 4 aromatic rings. The van der Waals surface area contributed by atoms with Crippen molar-refractivity contribution in [2.24, 2.45) is 7.05 Å². The summed E-state index contributed by atoms with van der Waals surface area (Å²) in [7, 11) is 1.73. The number of benzene rings is 2. The van der Waals surface area contributed by atoms with Crippen LogP contribution in [0.15, 0.2) is 54.6 Å². The maximum atomic E-state index is 14.1. The number of carbonyl (C=O) groups excluding carboxylic acids is 1. The zero-order valence-corrected chi connectivity index (χ0v) is 18.7. The Morgan fingerprint density at radius 2 is 1.88 bits per heavy atom. The molecule has 0 saturated carbocycles. The summed E-state index contributed by atoms with van der Waals surface area (Å²) >= 11 is 1.37. The van der Waals surface area contributed by atoms with Crippen molar-refractivity contribution < 1.29 is 13.6 Å². The summed E-state index contributed by atoms with van der Waals surface area (Å²) in [5.41, 5.74) is 2.28. The Bertz CT molecular complexity index is 1300. The van der Waals surface area contributed by atoms with Crippen molar-refractivity contribution in [3.05, 3.63) is 76.9 Å². The number of amides is 1. The van der Waals surface area contributed by atoms with Crippen LogP contribution >= 0.6 is 11.3 Å². The summed E-state index contributed by atoms with van der Waals surface area (Å²) < 4.78 is 28.9. The van der Waals surface area contributed by atoms with E-state index in [0.29, 0.717) is 35.0 Å². The molecule has 1 atom stereocenters. The van der Waals surface area contributed by atoms with Crippen LogP contribution in [0.25, 0.3) is 21.8 Å². The zero-order valence-electron chi connectivity index (χ0n) is 17.9. The quantitative estimate of drug-likeness (QED) is 0.430. The Morgan fingerprint density at radius 1 is 1.09 bits per heavy atom. The second-order valence-corrected chi connectivity index (χ2v) is 9.07. The molecule has 2 aromatic heterocycles. The maximum absolute atomic E-state index is 14.1. The van der Waals surface area contributed by atoms with E-state index < -0.39 is 0 Å². The lowest BCUT2D eigenvalue weighted by atomic mass is 9.98. The van der Waals surface area contributed by atoms with E-state index in [4.69, 9.17) is 0 Å². The van der Waals surface area contributed by atoms with Gasteiger partial charge in [-0.25, -0.2) is 8.78 Å². The van der Waals surface area contributed by atoms with E-state index in [9.17, 15) is 13.6 Å². The number of rotatable bonds is 4. The van der Waals surface area contributed by atoms with Gasteiger partial charge in [-0.05, 0) is 55.3 Å². The van der Waals surface area contributed by atoms with Gasteiger partial charge in [-0.1, -0.05) is 23.5 Å². The third-order valence-electron chi connectivity index (χ3n) is 5.84. The van der Waals surface area contributed by atoms with Crippen molar-refractivity contribution in [2.45, 2.75) is 18.8 Å². The molecule has 0 aliphatic carbocycles. The highest BCUT2D eigenvalue weighted by atomic mass is 32.1. The lowest BCUT2D eigenvalue weighted by molar-refractivity contribution is 0.0695. The minimum atomic E-state index is -0.325. The topological polar surface area (TPSA) is 63.9 Å². The van der Waals surface area contributed by atoms with E-state index in [1.807, 2.05) is 4.90 Å². The molecular formula is C24H21F2N5OS.